The van der Waals surface area contributed by atoms with Crippen LogP contribution in [-0.2, 0) is 0 Å². The van der Waals surface area contributed by atoms with Crippen LogP contribution in [-0.4, -0.2) is 49.2 Å². The maximum Gasteiger partial charge on any atom is 0.161 e. The lowest BCUT2D eigenvalue weighted by Crippen LogP contribution is -2.19. The van der Waals surface area contributed by atoms with Crippen LogP contribution in [0.5, 0.6) is 11.5 Å². The van der Waals surface area contributed by atoms with Crippen LogP contribution in [0.15, 0.2) is 55.0 Å². The zero-order chi connectivity index (χ0) is 23.4. The molecule has 0 fully saturated rings. The third-order valence-electron chi connectivity index (χ3n) is 5.60. The van der Waals surface area contributed by atoms with Crippen molar-refractivity contribution in [3.05, 3.63) is 66.1 Å². The number of aryl methyl sites for hydroxylation is 1. The number of methoxy groups -OCH3 is 1. The molecule has 0 amide bonds. The summed E-state index contributed by atoms with van der Waals surface area (Å²) in [7, 11) is 5.63. The number of nitrogens with one attached hydrogen (secondary N) is 2. The van der Waals surface area contributed by atoms with Gasteiger partial charge >= 0.3 is 0 Å². The van der Waals surface area contributed by atoms with Crippen molar-refractivity contribution < 1.29 is 9.47 Å². The standard InChI is InChI=1S/C26H27N5O2/c1-17-20-9-10-29-23(20)7-6-22(17)30-26-19(14-27)15-28-16-21(26)18-5-8-24(25(13-18)32-4)33-12-11-31(2)3/h5-10,13,15-16,29H,11-12H2,1-4H3,(H,28,30). The van der Waals surface area contributed by atoms with Crippen molar-refractivity contribution in [2.45, 2.75) is 6.92 Å². The Morgan fingerprint density at radius 2 is 1.97 bits per heavy atom. The number of ether oxygens (including phenoxy) is 2. The van der Waals surface area contributed by atoms with Crippen molar-refractivity contribution in [2.75, 3.05) is 39.7 Å². The molecule has 2 aromatic carbocycles. The van der Waals surface area contributed by atoms with Crippen LogP contribution < -0.4 is 14.8 Å². The Morgan fingerprint density at radius 3 is 2.73 bits per heavy atom. The van der Waals surface area contributed by atoms with Crippen LogP contribution in [0.3, 0.4) is 0 Å². The molecule has 0 saturated heterocycles. The first kappa shape index (κ1) is 22.2. The summed E-state index contributed by atoms with van der Waals surface area (Å²) in [6, 6.07) is 14.1. The first-order valence-corrected chi connectivity index (χ1v) is 10.7. The normalized spacial score (nSPS) is 10.9. The molecule has 7 heteroatoms. The fraction of sp³-hybridized carbons (Fsp3) is 0.231. The Balaban J connectivity index is 1.73. The van der Waals surface area contributed by atoms with Crippen molar-refractivity contribution in [1.82, 2.24) is 14.9 Å². The van der Waals surface area contributed by atoms with Crippen LogP contribution >= 0.6 is 0 Å². The molecule has 0 aliphatic rings. The summed E-state index contributed by atoms with van der Waals surface area (Å²) in [6.07, 6.45) is 5.26. The van der Waals surface area contributed by atoms with E-state index in [4.69, 9.17) is 9.47 Å². The molecular formula is C26H27N5O2. The van der Waals surface area contributed by atoms with Gasteiger partial charge in [-0.3, -0.25) is 4.98 Å². The van der Waals surface area contributed by atoms with E-state index < -0.39 is 0 Å². The maximum atomic E-state index is 9.78. The summed E-state index contributed by atoms with van der Waals surface area (Å²) in [5.41, 5.74) is 5.95. The predicted molar refractivity (Wildman–Crippen MR) is 131 cm³/mol. The largest absolute Gasteiger partial charge is 0.493 e. The number of nitrogens with zero attached hydrogens (tertiary/aromatic N) is 3. The number of hydrogen-bond donors (Lipinski definition) is 2. The van der Waals surface area contributed by atoms with Gasteiger partial charge in [0.15, 0.2) is 11.5 Å². The SMILES string of the molecule is COc1cc(-c2cncc(C#N)c2Nc2ccc3[nH]ccc3c2C)ccc1OCCN(C)C. The zero-order valence-electron chi connectivity index (χ0n) is 19.3. The number of aromatic amines is 1. The summed E-state index contributed by atoms with van der Waals surface area (Å²) < 4.78 is 11.5. The number of aromatic nitrogens is 2. The van der Waals surface area contributed by atoms with Gasteiger partial charge in [0.25, 0.3) is 0 Å². The first-order valence-electron chi connectivity index (χ1n) is 10.7. The molecular weight excluding hydrogens is 414 g/mol. The minimum atomic E-state index is 0.464. The molecule has 2 N–H and O–H groups in total. The molecule has 0 unspecified atom stereocenters. The Bertz CT molecular complexity index is 1320. The molecule has 0 saturated carbocycles. The number of likely N-dealkylation sites (N-methyl/N-ethyl adjacent to an activating group) is 1. The molecule has 0 aliphatic carbocycles. The third-order valence-corrected chi connectivity index (χ3v) is 5.60. The lowest BCUT2D eigenvalue weighted by atomic mass is 10.0. The van der Waals surface area contributed by atoms with Crippen molar-refractivity contribution in [3.63, 3.8) is 0 Å². The molecule has 4 rings (SSSR count). The van der Waals surface area contributed by atoms with Gasteiger partial charge in [0, 0.05) is 47.3 Å². The summed E-state index contributed by atoms with van der Waals surface area (Å²) in [6.45, 7) is 3.42. The first-order chi connectivity index (χ1) is 16.0. The van der Waals surface area contributed by atoms with E-state index in [1.165, 1.54) is 0 Å². The van der Waals surface area contributed by atoms with Crippen LogP contribution in [0.25, 0.3) is 22.0 Å². The van der Waals surface area contributed by atoms with Crippen molar-refractivity contribution >= 4 is 22.3 Å². The average molecular weight is 442 g/mol. The summed E-state index contributed by atoms with van der Waals surface area (Å²) in [5.74, 6) is 1.31. The van der Waals surface area contributed by atoms with E-state index in [0.717, 1.165) is 39.8 Å². The summed E-state index contributed by atoms with van der Waals surface area (Å²) in [5, 5.41) is 14.4. The van der Waals surface area contributed by atoms with E-state index in [0.29, 0.717) is 29.4 Å². The molecule has 4 aromatic rings. The number of benzene rings is 2. The topological polar surface area (TPSA) is 86.2 Å². The van der Waals surface area contributed by atoms with Gasteiger partial charge in [-0.1, -0.05) is 6.07 Å². The number of pyridine rings is 1. The third kappa shape index (κ3) is 4.61. The monoisotopic (exact) mass is 441 g/mol. The van der Waals surface area contributed by atoms with Gasteiger partial charge in [0.1, 0.15) is 12.7 Å². The number of fused-ring (bicyclic) bond motifs is 1. The highest BCUT2D eigenvalue weighted by Crippen LogP contribution is 2.38. The zero-order valence-corrected chi connectivity index (χ0v) is 19.3. The molecule has 168 valence electrons. The minimum absolute atomic E-state index is 0.464. The average Bonchev–Trinajstić information content (AvgIpc) is 3.30. The predicted octanol–water partition coefficient (Wildman–Crippen LogP) is 5.10. The highest BCUT2D eigenvalue weighted by atomic mass is 16.5. The molecule has 0 radical (unpaired) electrons. The molecule has 33 heavy (non-hydrogen) atoms. The van der Waals surface area contributed by atoms with Gasteiger partial charge in [-0.15, -0.1) is 0 Å². The van der Waals surface area contributed by atoms with Crippen LogP contribution in [0, 0.1) is 18.3 Å². The minimum Gasteiger partial charge on any atom is -0.493 e. The fourth-order valence-corrected chi connectivity index (χ4v) is 3.75. The molecule has 7 nitrogen and oxygen atoms in total. The second-order valence-corrected chi connectivity index (χ2v) is 8.04. The number of H-pyrrole nitrogens is 1. The Kier molecular flexibility index (Phi) is 6.48. The molecule has 0 spiro atoms. The molecule has 0 aliphatic heterocycles. The Morgan fingerprint density at radius 1 is 1.12 bits per heavy atom. The van der Waals surface area contributed by atoms with Gasteiger partial charge in [-0.25, -0.2) is 0 Å². The summed E-state index contributed by atoms with van der Waals surface area (Å²) >= 11 is 0. The lowest BCUT2D eigenvalue weighted by Gasteiger charge is -2.17. The molecule has 0 bridgehead atoms. The van der Waals surface area contributed by atoms with E-state index in [1.807, 2.05) is 50.6 Å². The van der Waals surface area contributed by atoms with Gasteiger partial charge < -0.3 is 24.7 Å². The maximum absolute atomic E-state index is 9.78. The number of anilines is 2. The second kappa shape index (κ2) is 9.63. The van der Waals surface area contributed by atoms with Gasteiger partial charge in [0.2, 0.25) is 0 Å². The highest BCUT2D eigenvalue weighted by Gasteiger charge is 2.16. The van der Waals surface area contributed by atoms with E-state index in [1.54, 1.807) is 19.5 Å². The lowest BCUT2D eigenvalue weighted by molar-refractivity contribution is 0.251. The van der Waals surface area contributed by atoms with Gasteiger partial charge in [-0.05, 0) is 62.5 Å². The fourth-order valence-electron chi connectivity index (χ4n) is 3.75. The smallest absolute Gasteiger partial charge is 0.161 e. The molecule has 2 aromatic heterocycles. The van der Waals surface area contributed by atoms with Crippen LogP contribution in [0.4, 0.5) is 11.4 Å². The Labute approximate surface area is 193 Å². The number of hydrogen-bond acceptors (Lipinski definition) is 6. The van der Waals surface area contributed by atoms with E-state index >= 15 is 0 Å². The van der Waals surface area contributed by atoms with Crippen LogP contribution in [0.1, 0.15) is 11.1 Å². The van der Waals surface area contributed by atoms with E-state index in [9.17, 15) is 5.26 Å². The van der Waals surface area contributed by atoms with Gasteiger partial charge in [-0.2, -0.15) is 5.26 Å². The van der Waals surface area contributed by atoms with E-state index in [-0.39, 0.29) is 0 Å². The second-order valence-electron chi connectivity index (χ2n) is 8.04. The molecule has 2 heterocycles. The summed E-state index contributed by atoms with van der Waals surface area (Å²) in [4.78, 5) is 9.59. The number of rotatable bonds is 8. The van der Waals surface area contributed by atoms with Crippen molar-refractivity contribution in [2.24, 2.45) is 0 Å². The molecule has 0 atom stereocenters. The highest BCUT2D eigenvalue weighted by molar-refractivity contribution is 5.91. The number of nitriles is 1. The Hall–Kier alpha value is -4.02. The van der Waals surface area contributed by atoms with Crippen molar-refractivity contribution in [3.8, 4) is 28.7 Å². The quantitative estimate of drug-likeness (QED) is 0.396. The van der Waals surface area contributed by atoms with E-state index in [2.05, 4.69) is 39.2 Å². The van der Waals surface area contributed by atoms with Crippen molar-refractivity contribution in [1.29, 1.82) is 5.26 Å². The van der Waals surface area contributed by atoms with Crippen LogP contribution in [0.2, 0.25) is 0 Å². The van der Waals surface area contributed by atoms with Gasteiger partial charge in [0.05, 0.1) is 18.4 Å².